The Morgan fingerprint density at radius 2 is 2.06 bits per heavy atom. The summed E-state index contributed by atoms with van der Waals surface area (Å²) < 4.78 is 57.5. The van der Waals surface area contributed by atoms with Gasteiger partial charge in [0.15, 0.2) is 0 Å². The number of hydrogen-bond donors (Lipinski definition) is 1. The molecule has 170 valence electrons. The third-order valence-corrected chi connectivity index (χ3v) is 8.12. The molecule has 1 aromatic carbocycles. The molecule has 0 unspecified atom stereocenters. The summed E-state index contributed by atoms with van der Waals surface area (Å²) in [6.07, 6.45) is 5.14. The maximum atomic E-state index is 15.1. The van der Waals surface area contributed by atoms with Crippen molar-refractivity contribution in [2.24, 2.45) is 0 Å². The first-order valence-corrected chi connectivity index (χ1v) is 12.0. The van der Waals surface area contributed by atoms with Gasteiger partial charge < -0.3 is 9.55 Å². The van der Waals surface area contributed by atoms with Crippen molar-refractivity contribution in [2.45, 2.75) is 25.3 Å². The Bertz CT molecular complexity index is 1530. The van der Waals surface area contributed by atoms with Crippen LogP contribution in [0.15, 0.2) is 36.9 Å². The molecule has 0 saturated carbocycles. The number of nitriles is 1. The maximum absolute atomic E-state index is 15.1. The second-order valence-electron chi connectivity index (χ2n) is 8.30. The van der Waals surface area contributed by atoms with Gasteiger partial charge in [-0.3, -0.25) is 0 Å². The summed E-state index contributed by atoms with van der Waals surface area (Å²) >= 11 is 0. The molecule has 0 aliphatic carbocycles. The van der Waals surface area contributed by atoms with Crippen LogP contribution < -0.4 is 0 Å². The van der Waals surface area contributed by atoms with Crippen LogP contribution in [0, 0.1) is 23.0 Å². The van der Waals surface area contributed by atoms with E-state index in [1.54, 1.807) is 30.0 Å². The Balaban J connectivity index is 1.73. The lowest BCUT2D eigenvalue weighted by atomic mass is 9.88. The Morgan fingerprint density at radius 1 is 1.27 bits per heavy atom. The fraction of sp³-hybridized carbons (Fsp3) is 0.318. The lowest BCUT2D eigenvalue weighted by Gasteiger charge is -2.49. The average Bonchev–Trinajstić information content (AvgIpc) is 3.35. The van der Waals surface area contributed by atoms with Gasteiger partial charge in [-0.05, 0) is 18.6 Å². The van der Waals surface area contributed by atoms with Crippen molar-refractivity contribution in [1.82, 2.24) is 23.8 Å². The fourth-order valence-corrected chi connectivity index (χ4v) is 6.28. The number of benzene rings is 1. The molecule has 0 atom stereocenters. The summed E-state index contributed by atoms with van der Waals surface area (Å²) in [5.74, 6) is -1.52. The van der Waals surface area contributed by atoms with Gasteiger partial charge in [0.2, 0.25) is 10.0 Å². The molecule has 3 aromatic heterocycles. The van der Waals surface area contributed by atoms with E-state index < -0.39 is 27.2 Å². The molecular formula is C22H20F2N6O2S. The zero-order valence-corrected chi connectivity index (χ0v) is 18.5. The molecule has 4 heterocycles. The first-order chi connectivity index (χ1) is 15.8. The average molecular weight is 471 g/mol. The molecule has 4 aromatic rings. The zero-order chi connectivity index (χ0) is 23.4. The second kappa shape index (κ2) is 7.60. The molecule has 11 heteroatoms. The van der Waals surface area contributed by atoms with E-state index in [1.165, 1.54) is 16.7 Å². The van der Waals surface area contributed by atoms with Gasteiger partial charge in [-0.2, -0.15) is 9.57 Å². The van der Waals surface area contributed by atoms with Crippen LogP contribution >= 0.6 is 0 Å². The van der Waals surface area contributed by atoms with Crippen molar-refractivity contribution in [3.05, 3.63) is 48.6 Å². The highest BCUT2D eigenvalue weighted by atomic mass is 32.2. The predicted octanol–water partition coefficient (Wildman–Crippen LogP) is 3.52. The third-order valence-electron chi connectivity index (χ3n) is 6.15. The third kappa shape index (κ3) is 3.29. The van der Waals surface area contributed by atoms with Gasteiger partial charge in [0.25, 0.3) is 0 Å². The van der Waals surface area contributed by atoms with E-state index in [0.29, 0.717) is 28.7 Å². The lowest BCUT2D eigenvalue weighted by molar-refractivity contribution is 0.0891. The van der Waals surface area contributed by atoms with E-state index in [1.807, 2.05) is 0 Å². The fourth-order valence-electron chi connectivity index (χ4n) is 4.63. The maximum Gasteiger partial charge on any atom is 0.214 e. The Hall–Kier alpha value is -3.36. The van der Waals surface area contributed by atoms with E-state index in [9.17, 15) is 18.1 Å². The molecule has 1 aliphatic heterocycles. The first-order valence-electron chi connectivity index (χ1n) is 10.4. The number of aromatic amines is 1. The van der Waals surface area contributed by atoms with Crippen LogP contribution in [0.2, 0.25) is 0 Å². The molecule has 1 saturated heterocycles. The molecule has 8 nitrogen and oxygen atoms in total. The number of H-pyrrole nitrogens is 1. The molecule has 0 spiro atoms. The van der Waals surface area contributed by atoms with Crippen LogP contribution in [-0.2, 0) is 15.6 Å². The summed E-state index contributed by atoms with van der Waals surface area (Å²) in [7, 11) is -3.47. The van der Waals surface area contributed by atoms with Crippen molar-refractivity contribution in [3.63, 3.8) is 0 Å². The number of fused-ring (bicyclic) bond motifs is 2. The first kappa shape index (κ1) is 21.5. The van der Waals surface area contributed by atoms with Crippen molar-refractivity contribution in [1.29, 1.82) is 5.26 Å². The minimum atomic E-state index is -3.47. The van der Waals surface area contributed by atoms with Crippen LogP contribution in [0.3, 0.4) is 0 Å². The van der Waals surface area contributed by atoms with Gasteiger partial charge in [-0.25, -0.2) is 27.2 Å². The summed E-state index contributed by atoms with van der Waals surface area (Å²) in [6.45, 7) is 1.88. The van der Waals surface area contributed by atoms with E-state index in [4.69, 9.17) is 0 Å². The topological polar surface area (TPSA) is 108 Å². The highest BCUT2D eigenvalue weighted by Gasteiger charge is 2.50. The van der Waals surface area contributed by atoms with Crippen LogP contribution in [0.1, 0.15) is 19.8 Å². The monoisotopic (exact) mass is 470 g/mol. The van der Waals surface area contributed by atoms with Crippen LogP contribution in [0.25, 0.3) is 33.2 Å². The van der Waals surface area contributed by atoms with E-state index in [0.717, 1.165) is 6.07 Å². The number of rotatable bonds is 6. The number of nitrogens with one attached hydrogen (secondary N) is 1. The van der Waals surface area contributed by atoms with Crippen molar-refractivity contribution < 1.29 is 17.2 Å². The molecule has 0 amide bonds. The SMILES string of the molecule is CCCS(=O)(=O)N1CC(CC#N)(n2cc(-c3ncnc4[nH]ccc34)c3c(F)cc(F)cc32)C1. The van der Waals surface area contributed by atoms with Crippen LogP contribution in [0.4, 0.5) is 8.78 Å². The molecule has 1 aliphatic rings. The number of aromatic nitrogens is 4. The van der Waals surface area contributed by atoms with Crippen LogP contribution in [-0.4, -0.2) is 51.1 Å². The van der Waals surface area contributed by atoms with Crippen molar-refractivity contribution >= 4 is 32.0 Å². The van der Waals surface area contributed by atoms with Crippen molar-refractivity contribution in [3.8, 4) is 17.3 Å². The lowest BCUT2D eigenvalue weighted by Crippen LogP contribution is -2.64. The number of hydrogen-bond acceptors (Lipinski definition) is 5. The minimum absolute atomic E-state index is 0.00295. The summed E-state index contributed by atoms with van der Waals surface area (Å²) in [5.41, 5.74) is 0.735. The Kier molecular flexibility index (Phi) is 4.95. The quantitative estimate of drug-likeness (QED) is 0.464. The Morgan fingerprint density at radius 3 is 2.79 bits per heavy atom. The minimum Gasteiger partial charge on any atom is -0.346 e. The number of nitrogens with zero attached hydrogens (tertiary/aromatic N) is 5. The van der Waals surface area contributed by atoms with Crippen LogP contribution in [0.5, 0.6) is 0 Å². The van der Waals surface area contributed by atoms with E-state index in [2.05, 4.69) is 21.0 Å². The number of halogens is 2. The summed E-state index contributed by atoms with van der Waals surface area (Å²) in [6, 6.07) is 5.90. The van der Waals surface area contributed by atoms with Gasteiger partial charge >= 0.3 is 0 Å². The predicted molar refractivity (Wildman–Crippen MR) is 119 cm³/mol. The highest BCUT2D eigenvalue weighted by molar-refractivity contribution is 7.89. The molecule has 33 heavy (non-hydrogen) atoms. The molecule has 1 N–H and O–H groups in total. The Labute approximate surface area is 188 Å². The standard InChI is InChI=1S/C22H20F2N6O2S/c1-2-7-33(31,32)29-11-22(12-29,4-5-25)30-10-16(19-17(24)8-14(23)9-18(19)30)20-15-3-6-26-21(15)28-13-27-20/h3,6,8-10,13H,2,4,7,11-12H2,1H3,(H,26,27,28). The molecule has 1 fully saturated rings. The van der Waals surface area contributed by atoms with Gasteiger partial charge in [0.1, 0.15) is 23.6 Å². The normalized spacial score (nSPS) is 16.2. The largest absolute Gasteiger partial charge is 0.346 e. The second-order valence-corrected chi connectivity index (χ2v) is 10.4. The molecule has 5 rings (SSSR count). The molecule has 0 radical (unpaired) electrons. The van der Waals surface area contributed by atoms with E-state index >= 15 is 4.39 Å². The van der Waals surface area contributed by atoms with E-state index in [-0.39, 0.29) is 36.2 Å². The highest BCUT2D eigenvalue weighted by Crippen LogP contribution is 2.42. The summed E-state index contributed by atoms with van der Waals surface area (Å²) in [4.78, 5) is 11.5. The number of sulfonamides is 1. The smallest absolute Gasteiger partial charge is 0.214 e. The summed E-state index contributed by atoms with van der Waals surface area (Å²) in [5, 5.41) is 10.4. The van der Waals surface area contributed by atoms with Gasteiger partial charge in [-0.15, -0.1) is 0 Å². The van der Waals surface area contributed by atoms with Gasteiger partial charge in [-0.1, -0.05) is 6.92 Å². The van der Waals surface area contributed by atoms with Gasteiger partial charge in [0, 0.05) is 47.9 Å². The van der Waals surface area contributed by atoms with Crippen molar-refractivity contribution in [2.75, 3.05) is 18.8 Å². The molecular weight excluding hydrogens is 450 g/mol. The zero-order valence-electron chi connectivity index (χ0n) is 17.7. The molecule has 0 bridgehead atoms. The van der Waals surface area contributed by atoms with Gasteiger partial charge in [0.05, 0.1) is 35.0 Å².